The van der Waals surface area contributed by atoms with Crippen LogP contribution in [0.25, 0.3) is 17.1 Å². The van der Waals surface area contributed by atoms with Gasteiger partial charge in [0.2, 0.25) is 5.91 Å². The highest BCUT2D eigenvalue weighted by atomic mass is 16.2. The minimum absolute atomic E-state index is 0.0741. The summed E-state index contributed by atoms with van der Waals surface area (Å²) in [6.45, 7) is 3.22. The van der Waals surface area contributed by atoms with Crippen LogP contribution in [0.5, 0.6) is 0 Å². The van der Waals surface area contributed by atoms with Crippen LogP contribution >= 0.6 is 0 Å². The minimum Gasteiger partial charge on any atom is -0.333 e. The first-order valence-corrected chi connectivity index (χ1v) is 9.18. The molecule has 26 heavy (non-hydrogen) atoms. The average molecular weight is 345 g/mol. The van der Waals surface area contributed by atoms with Gasteiger partial charge in [-0.2, -0.15) is 0 Å². The van der Waals surface area contributed by atoms with Crippen LogP contribution in [0.1, 0.15) is 37.2 Å². The largest absolute Gasteiger partial charge is 0.333 e. The van der Waals surface area contributed by atoms with Crippen molar-refractivity contribution in [2.45, 2.75) is 32.4 Å². The van der Waals surface area contributed by atoms with Crippen LogP contribution in [-0.2, 0) is 11.3 Å². The summed E-state index contributed by atoms with van der Waals surface area (Å²) in [5, 5.41) is 0. The Kier molecular flexibility index (Phi) is 4.57. The number of likely N-dealkylation sites (tertiary alicyclic amines) is 1. The second kappa shape index (κ2) is 7.16. The first-order chi connectivity index (χ1) is 12.7. The quantitative estimate of drug-likeness (QED) is 0.701. The second-order valence-corrected chi connectivity index (χ2v) is 6.75. The summed E-state index contributed by atoms with van der Waals surface area (Å²) in [4.78, 5) is 18.9. The molecule has 0 saturated carbocycles. The van der Waals surface area contributed by atoms with Gasteiger partial charge < -0.3 is 9.47 Å². The van der Waals surface area contributed by atoms with Crippen molar-refractivity contribution in [1.29, 1.82) is 0 Å². The number of rotatable bonds is 4. The number of aromatic nitrogens is 2. The number of fused-ring (bicyclic) bond motifs is 1. The molecule has 0 aliphatic carbocycles. The van der Waals surface area contributed by atoms with Gasteiger partial charge in [0, 0.05) is 20.0 Å². The number of imidazole rings is 1. The van der Waals surface area contributed by atoms with Gasteiger partial charge in [-0.1, -0.05) is 54.6 Å². The Labute approximate surface area is 153 Å². The van der Waals surface area contributed by atoms with Gasteiger partial charge in [-0.3, -0.25) is 4.79 Å². The van der Waals surface area contributed by atoms with E-state index in [2.05, 4.69) is 34.9 Å². The molecule has 0 radical (unpaired) electrons. The van der Waals surface area contributed by atoms with Gasteiger partial charge in [0.25, 0.3) is 0 Å². The van der Waals surface area contributed by atoms with E-state index in [0.29, 0.717) is 0 Å². The Morgan fingerprint density at radius 1 is 1.15 bits per heavy atom. The SMILES string of the molecule is CC(=O)N1CCC[C@H]1c1nc2ccccc2n1C/C=C/c1ccccc1. The van der Waals surface area contributed by atoms with Crippen molar-refractivity contribution in [1.82, 2.24) is 14.5 Å². The van der Waals surface area contributed by atoms with E-state index in [0.717, 1.165) is 42.8 Å². The van der Waals surface area contributed by atoms with E-state index in [-0.39, 0.29) is 11.9 Å². The van der Waals surface area contributed by atoms with Gasteiger partial charge in [0.05, 0.1) is 17.1 Å². The van der Waals surface area contributed by atoms with E-state index >= 15 is 0 Å². The van der Waals surface area contributed by atoms with Crippen molar-refractivity contribution < 1.29 is 4.79 Å². The summed E-state index contributed by atoms with van der Waals surface area (Å²) in [7, 11) is 0. The number of benzene rings is 2. The third-order valence-electron chi connectivity index (χ3n) is 5.04. The molecule has 3 aromatic rings. The number of hydrogen-bond acceptors (Lipinski definition) is 2. The molecule has 1 fully saturated rings. The van der Waals surface area contributed by atoms with Crippen molar-refractivity contribution >= 4 is 23.0 Å². The van der Waals surface area contributed by atoms with Crippen molar-refractivity contribution in [3.8, 4) is 0 Å². The molecule has 2 heterocycles. The highest BCUT2D eigenvalue weighted by Gasteiger charge is 2.31. The molecule has 132 valence electrons. The molecule has 1 aromatic heterocycles. The lowest BCUT2D eigenvalue weighted by molar-refractivity contribution is -0.129. The maximum absolute atomic E-state index is 12.0. The highest BCUT2D eigenvalue weighted by Crippen LogP contribution is 2.33. The Balaban J connectivity index is 1.70. The van der Waals surface area contributed by atoms with Gasteiger partial charge >= 0.3 is 0 Å². The second-order valence-electron chi connectivity index (χ2n) is 6.75. The van der Waals surface area contributed by atoms with Gasteiger partial charge in [0.1, 0.15) is 5.82 Å². The van der Waals surface area contributed by atoms with E-state index in [1.54, 1.807) is 6.92 Å². The fourth-order valence-corrected chi connectivity index (χ4v) is 3.81. The fourth-order valence-electron chi connectivity index (χ4n) is 3.81. The number of amides is 1. The zero-order valence-electron chi connectivity index (χ0n) is 15.0. The van der Waals surface area contributed by atoms with Crippen LogP contribution in [0, 0.1) is 0 Å². The van der Waals surface area contributed by atoms with Crippen LogP contribution in [0.3, 0.4) is 0 Å². The number of carbonyl (C=O) groups is 1. The lowest BCUT2D eigenvalue weighted by Crippen LogP contribution is -2.29. The van der Waals surface area contributed by atoms with Crippen LogP contribution in [0.4, 0.5) is 0 Å². The van der Waals surface area contributed by atoms with Crippen molar-refractivity contribution in [2.24, 2.45) is 0 Å². The van der Waals surface area contributed by atoms with Gasteiger partial charge in [0.15, 0.2) is 0 Å². The summed E-state index contributed by atoms with van der Waals surface area (Å²) in [6.07, 6.45) is 6.31. The summed E-state index contributed by atoms with van der Waals surface area (Å²) in [5.41, 5.74) is 3.30. The third-order valence-corrected chi connectivity index (χ3v) is 5.04. The molecule has 0 bridgehead atoms. The Morgan fingerprint density at radius 2 is 1.92 bits per heavy atom. The van der Waals surface area contributed by atoms with Gasteiger partial charge in [-0.05, 0) is 30.5 Å². The molecule has 0 N–H and O–H groups in total. The Morgan fingerprint density at radius 3 is 2.73 bits per heavy atom. The van der Waals surface area contributed by atoms with E-state index in [1.165, 1.54) is 5.56 Å². The maximum atomic E-state index is 12.0. The molecule has 1 aliphatic heterocycles. The van der Waals surface area contributed by atoms with E-state index in [4.69, 9.17) is 4.98 Å². The number of carbonyl (C=O) groups excluding carboxylic acids is 1. The Bertz CT molecular complexity index is 942. The summed E-state index contributed by atoms with van der Waals surface area (Å²) < 4.78 is 2.25. The normalized spacial score (nSPS) is 17.4. The molecular weight excluding hydrogens is 322 g/mol. The summed E-state index contributed by atoms with van der Waals surface area (Å²) in [5.74, 6) is 1.13. The molecule has 1 aliphatic rings. The van der Waals surface area contributed by atoms with Crippen molar-refractivity contribution in [2.75, 3.05) is 6.54 Å². The lowest BCUT2D eigenvalue weighted by Gasteiger charge is -2.23. The molecule has 4 heteroatoms. The molecule has 2 aromatic carbocycles. The van der Waals surface area contributed by atoms with Crippen molar-refractivity contribution in [3.63, 3.8) is 0 Å². The van der Waals surface area contributed by atoms with E-state index in [1.807, 2.05) is 41.3 Å². The van der Waals surface area contributed by atoms with Crippen LogP contribution in [0.15, 0.2) is 60.7 Å². The van der Waals surface area contributed by atoms with Crippen LogP contribution < -0.4 is 0 Å². The zero-order valence-corrected chi connectivity index (χ0v) is 15.0. The van der Waals surface area contributed by atoms with Crippen LogP contribution in [-0.4, -0.2) is 26.9 Å². The first-order valence-electron chi connectivity index (χ1n) is 9.18. The number of hydrogen-bond donors (Lipinski definition) is 0. The molecule has 0 unspecified atom stereocenters. The first kappa shape index (κ1) is 16.6. The molecule has 4 rings (SSSR count). The smallest absolute Gasteiger partial charge is 0.220 e. The predicted molar refractivity (Wildman–Crippen MR) is 105 cm³/mol. The average Bonchev–Trinajstić information content (AvgIpc) is 3.27. The highest BCUT2D eigenvalue weighted by molar-refractivity contribution is 5.77. The number of allylic oxidation sites excluding steroid dienone is 1. The van der Waals surface area contributed by atoms with E-state index < -0.39 is 0 Å². The molecular formula is C22H23N3O. The monoisotopic (exact) mass is 345 g/mol. The topological polar surface area (TPSA) is 38.1 Å². The van der Waals surface area contributed by atoms with Crippen molar-refractivity contribution in [3.05, 3.63) is 72.1 Å². The van der Waals surface area contributed by atoms with Gasteiger partial charge in [-0.25, -0.2) is 4.98 Å². The minimum atomic E-state index is 0.0741. The molecule has 1 saturated heterocycles. The number of para-hydroxylation sites is 2. The molecule has 1 atom stereocenters. The lowest BCUT2D eigenvalue weighted by atomic mass is 10.2. The predicted octanol–water partition coefficient (Wildman–Crippen LogP) is 4.43. The zero-order chi connectivity index (χ0) is 17.9. The fraction of sp³-hybridized carbons (Fsp3) is 0.273. The van der Waals surface area contributed by atoms with E-state index in [9.17, 15) is 4.79 Å². The van der Waals surface area contributed by atoms with Crippen LogP contribution in [0.2, 0.25) is 0 Å². The van der Waals surface area contributed by atoms with Gasteiger partial charge in [-0.15, -0.1) is 0 Å². The Hall–Kier alpha value is -2.88. The third kappa shape index (κ3) is 3.15. The standard InChI is InChI=1S/C22H23N3O/c1-17(26)24-15-8-14-21(24)22-23-19-12-5-6-13-20(19)25(22)16-7-11-18-9-3-2-4-10-18/h2-7,9-13,21H,8,14-16H2,1H3/b11-7+/t21-/m0/s1. The summed E-state index contributed by atoms with van der Waals surface area (Å²) in [6, 6.07) is 18.6. The maximum Gasteiger partial charge on any atom is 0.220 e. The molecule has 1 amide bonds. The number of nitrogens with zero attached hydrogens (tertiary/aromatic N) is 3. The summed E-state index contributed by atoms with van der Waals surface area (Å²) >= 11 is 0. The molecule has 4 nitrogen and oxygen atoms in total. The molecule has 0 spiro atoms.